The predicted molar refractivity (Wildman–Crippen MR) is 56.8 cm³/mol. The Bertz CT molecular complexity index is 544. The first-order valence-electron chi connectivity index (χ1n) is 4.79. The van der Waals surface area contributed by atoms with E-state index in [0.717, 1.165) is 0 Å². The molecule has 1 aromatic heterocycles. The normalized spacial score (nSPS) is 9.94. The van der Waals surface area contributed by atoms with Crippen LogP contribution in [0.25, 0.3) is 11.0 Å². The summed E-state index contributed by atoms with van der Waals surface area (Å²) in [4.78, 5) is 22.0. The summed E-state index contributed by atoms with van der Waals surface area (Å²) in [5, 5.41) is 12.5. The first-order valence-corrected chi connectivity index (χ1v) is 4.79. The van der Waals surface area contributed by atoms with Crippen LogP contribution in [0, 0.1) is 0 Å². The number of para-hydroxylation sites is 2. The Hall–Kier alpha value is -0.284. The minimum atomic E-state index is -0.315. The van der Waals surface area contributed by atoms with Crippen LogP contribution in [0.2, 0.25) is 0 Å². The molecule has 0 spiro atoms. The Morgan fingerprint density at radius 2 is 2.18 bits per heavy atom. The van der Waals surface area contributed by atoms with Gasteiger partial charge in [-0.3, -0.25) is 4.79 Å². The van der Waals surface area contributed by atoms with Gasteiger partial charge in [0.15, 0.2) is 5.82 Å². The molecule has 1 aromatic carbocycles. The molecule has 84 valence electrons. The van der Waals surface area contributed by atoms with Crippen LogP contribution >= 0.6 is 0 Å². The molecule has 7 heteroatoms. The zero-order valence-corrected chi connectivity index (χ0v) is 12.5. The average Bonchev–Trinajstić information content (AvgIpc) is 2.30. The SMILES string of the molecule is O=c1[nH]c2ccccc2nc1NCCO[O-].[K+]. The first-order chi connectivity index (χ1) is 7.81. The molecule has 0 fully saturated rings. The molecule has 0 amide bonds. The van der Waals surface area contributed by atoms with Gasteiger partial charge in [-0.25, -0.2) is 4.98 Å². The van der Waals surface area contributed by atoms with E-state index in [1.807, 2.05) is 12.1 Å². The van der Waals surface area contributed by atoms with Crippen LogP contribution in [0.3, 0.4) is 0 Å². The van der Waals surface area contributed by atoms with E-state index in [0.29, 0.717) is 11.0 Å². The van der Waals surface area contributed by atoms with E-state index in [2.05, 4.69) is 20.2 Å². The minimum absolute atomic E-state index is 0. The van der Waals surface area contributed by atoms with Crippen LogP contribution in [0.5, 0.6) is 0 Å². The maximum atomic E-state index is 11.5. The van der Waals surface area contributed by atoms with Crippen LogP contribution < -0.4 is 67.5 Å². The fourth-order valence-corrected chi connectivity index (χ4v) is 1.36. The van der Waals surface area contributed by atoms with E-state index in [4.69, 9.17) is 0 Å². The van der Waals surface area contributed by atoms with Gasteiger partial charge in [0.1, 0.15) is 0 Å². The van der Waals surface area contributed by atoms with Crippen molar-refractivity contribution in [2.45, 2.75) is 0 Å². The van der Waals surface area contributed by atoms with Gasteiger partial charge in [-0.2, -0.15) is 0 Å². The minimum Gasteiger partial charge on any atom is -0.723 e. The van der Waals surface area contributed by atoms with Crippen molar-refractivity contribution in [2.75, 3.05) is 18.5 Å². The van der Waals surface area contributed by atoms with Crippen molar-refractivity contribution in [3.63, 3.8) is 0 Å². The van der Waals surface area contributed by atoms with Gasteiger partial charge in [0.05, 0.1) is 17.6 Å². The molecule has 6 nitrogen and oxygen atoms in total. The molecule has 0 aliphatic rings. The number of benzene rings is 1. The molecule has 0 saturated carbocycles. The van der Waals surface area contributed by atoms with E-state index in [9.17, 15) is 10.1 Å². The molecule has 17 heavy (non-hydrogen) atoms. The third-order valence-corrected chi connectivity index (χ3v) is 2.08. The molecule has 0 aliphatic heterocycles. The monoisotopic (exact) mass is 259 g/mol. The number of rotatable bonds is 4. The van der Waals surface area contributed by atoms with Crippen LogP contribution in [-0.4, -0.2) is 23.1 Å². The second-order valence-electron chi connectivity index (χ2n) is 3.18. The maximum absolute atomic E-state index is 11.5. The van der Waals surface area contributed by atoms with Gasteiger partial charge in [0.2, 0.25) is 0 Å². The first kappa shape index (κ1) is 14.8. The van der Waals surface area contributed by atoms with Crippen molar-refractivity contribution >= 4 is 16.9 Å². The fraction of sp³-hybridized carbons (Fsp3) is 0.200. The van der Waals surface area contributed by atoms with Crippen molar-refractivity contribution in [3.8, 4) is 0 Å². The number of hydrogen-bond donors (Lipinski definition) is 2. The van der Waals surface area contributed by atoms with Crippen molar-refractivity contribution in [1.82, 2.24) is 9.97 Å². The zero-order chi connectivity index (χ0) is 11.4. The number of aromatic nitrogens is 2. The van der Waals surface area contributed by atoms with Gasteiger partial charge in [0.25, 0.3) is 5.56 Å². The Balaban J connectivity index is 0.00000144. The standard InChI is InChI=1S/C10H11N3O3.K/c14-10-9(11-5-6-16-15)12-7-3-1-2-4-8(7)13-10;/h1-4,15H,5-6H2,(H,11,12)(H,13,14);/q;+1/p-1. The van der Waals surface area contributed by atoms with Crippen LogP contribution in [0.4, 0.5) is 5.82 Å². The van der Waals surface area contributed by atoms with Gasteiger partial charge in [0, 0.05) is 6.54 Å². The molecule has 0 aliphatic carbocycles. The number of nitrogens with one attached hydrogen (secondary N) is 2. The van der Waals surface area contributed by atoms with E-state index in [1.165, 1.54) is 0 Å². The Labute approximate surface area is 140 Å². The number of fused-ring (bicyclic) bond motifs is 1. The van der Waals surface area contributed by atoms with Crippen molar-refractivity contribution in [2.24, 2.45) is 0 Å². The molecule has 2 N–H and O–H groups in total. The van der Waals surface area contributed by atoms with Crippen molar-refractivity contribution < 1.29 is 61.5 Å². The van der Waals surface area contributed by atoms with Gasteiger partial charge in [-0.1, -0.05) is 12.1 Å². The number of H-pyrrole nitrogens is 1. The van der Waals surface area contributed by atoms with Gasteiger partial charge >= 0.3 is 51.4 Å². The Kier molecular flexibility index (Phi) is 6.27. The molecule has 0 unspecified atom stereocenters. The van der Waals surface area contributed by atoms with Crippen LogP contribution in [-0.2, 0) is 4.89 Å². The van der Waals surface area contributed by atoms with Crippen LogP contribution in [0.1, 0.15) is 0 Å². The molecular formula is C10H10KN3O3. The quantitative estimate of drug-likeness (QED) is 0.259. The van der Waals surface area contributed by atoms with E-state index >= 15 is 0 Å². The molecule has 0 saturated heterocycles. The summed E-state index contributed by atoms with van der Waals surface area (Å²) in [5.41, 5.74) is 1.05. The summed E-state index contributed by atoms with van der Waals surface area (Å²) in [6.07, 6.45) is 0. The van der Waals surface area contributed by atoms with Gasteiger partial charge in [-0.15, -0.1) is 0 Å². The number of nitrogens with zero attached hydrogens (tertiary/aromatic N) is 1. The van der Waals surface area contributed by atoms with Crippen molar-refractivity contribution in [3.05, 3.63) is 34.6 Å². The summed E-state index contributed by atoms with van der Waals surface area (Å²) >= 11 is 0. The van der Waals surface area contributed by atoms with E-state index in [1.54, 1.807) is 12.1 Å². The van der Waals surface area contributed by atoms with Gasteiger partial charge in [-0.05, 0) is 12.1 Å². The summed E-state index contributed by atoms with van der Waals surface area (Å²) in [5.74, 6) is 0.191. The largest absolute Gasteiger partial charge is 1.00 e. The number of aromatic amines is 1. The molecule has 0 radical (unpaired) electrons. The fourth-order valence-electron chi connectivity index (χ4n) is 1.36. The predicted octanol–water partition coefficient (Wildman–Crippen LogP) is -3.37. The maximum Gasteiger partial charge on any atom is 1.00 e. The molecule has 1 heterocycles. The van der Waals surface area contributed by atoms with Gasteiger partial charge < -0.3 is 20.4 Å². The zero-order valence-electron chi connectivity index (χ0n) is 9.40. The molecule has 2 aromatic rings. The summed E-state index contributed by atoms with van der Waals surface area (Å²) in [6.45, 7) is 0.228. The molecule has 0 bridgehead atoms. The van der Waals surface area contributed by atoms with E-state index in [-0.39, 0.29) is 75.9 Å². The second-order valence-corrected chi connectivity index (χ2v) is 3.18. The topological polar surface area (TPSA) is 90.1 Å². The Morgan fingerprint density at radius 1 is 1.41 bits per heavy atom. The third kappa shape index (κ3) is 3.85. The average molecular weight is 259 g/mol. The number of anilines is 1. The number of hydrogen-bond acceptors (Lipinski definition) is 5. The molecule has 0 atom stereocenters. The molecule has 2 rings (SSSR count). The van der Waals surface area contributed by atoms with Crippen molar-refractivity contribution in [1.29, 1.82) is 0 Å². The summed E-state index contributed by atoms with van der Waals surface area (Å²) < 4.78 is 0. The van der Waals surface area contributed by atoms with Crippen LogP contribution in [0.15, 0.2) is 29.1 Å². The summed E-state index contributed by atoms with van der Waals surface area (Å²) in [7, 11) is 0. The third-order valence-electron chi connectivity index (χ3n) is 2.08. The second kappa shape index (κ2) is 7.22. The Morgan fingerprint density at radius 3 is 2.94 bits per heavy atom. The molecular weight excluding hydrogens is 249 g/mol. The smallest absolute Gasteiger partial charge is 0.723 e. The van der Waals surface area contributed by atoms with E-state index < -0.39 is 0 Å². The summed E-state index contributed by atoms with van der Waals surface area (Å²) in [6, 6.07) is 7.21.